The van der Waals surface area contributed by atoms with Gasteiger partial charge in [-0.2, -0.15) is 5.26 Å². The number of rotatable bonds is 2. The standard InChI is InChI=1S/C12H7ClN2S/c13-10-7-9(8-14)4-5-11(10)16-12-3-1-2-6-15-12/h1-7H. The molecular weight excluding hydrogens is 240 g/mol. The fraction of sp³-hybridized carbons (Fsp3) is 0. The lowest BCUT2D eigenvalue weighted by Gasteiger charge is -2.03. The fourth-order valence-electron chi connectivity index (χ4n) is 1.17. The molecule has 0 aliphatic rings. The van der Waals surface area contributed by atoms with Crippen LogP contribution in [0.1, 0.15) is 5.56 Å². The highest BCUT2D eigenvalue weighted by Gasteiger charge is 2.04. The van der Waals surface area contributed by atoms with Gasteiger partial charge in [0.2, 0.25) is 0 Å². The topological polar surface area (TPSA) is 36.7 Å². The summed E-state index contributed by atoms with van der Waals surface area (Å²) in [4.78, 5) is 5.10. The number of nitrogens with zero attached hydrogens (tertiary/aromatic N) is 2. The Labute approximate surface area is 103 Å². The minimum atomic E-state index is 0.565. The molecule has 0 saturated heterocycles. The van der Waals surface area contributed by atoms with E-state index in [-0.39, 0.29) is 0 Å². The first-order chi connectivity index (χ1) is 7.79. The van der Waals surface area contributed by atoms with Crippen LogP contribution in [0.3, 0.4) is 0 Å². The molecule has 0 spiro atoms. The minimum absolute atomic E-state index is 0.565. The van der Waals surface area contributed by atoms with Crippen molar-refractivity contribution < 1.29 is 0 Å². The summed E-state index contributed by atoms with van der Waals surface area (Å²) in [7, 11) is 0. The van der Waals surface area contributed by atoms with Crippen molar-refractivity contribution in [1.82, 2.24) is 4.98 Å². The van der Waals surface area contributed by atoms with Crippen LogP contribution in [-0.2, 0) is 0 Å². The molecule has 1 heterocycles. The van der Waals surface area contributed by atoms with Crippen LogP contribution in [0.15, 0.2) is 52.5 Å². The van der Waals surface area contributed by atoms with Crippen LogP contribution in [-0.4, -0.2) is 4.98 Å². The Balaban J connectivity index is 2.27. The largest absolute Gasteiger partial charge is 0.250 e. The van der Waals surface area contributed by atoms with Crippen molar-refractivity contribution in [2.45, 2.75) is 9.92 Å². The minimum Gasteiger partial charge on any atom is -0.250 e. The summed E-state index contributed by atoms with van der Waals surface area (Å²) in [6.07, 6.45) is 1.74. The Morgan fingerprint density at radius 3 is 2.75 bits per heavy atom. The molecule has 4 heteroatoms. The van der Waals surface area contributed by atoms with Crippen LogP contribution < -0.4 is 0 Å². The van der Waals surface area contributed by atoms with E-state index in [1.54, 1.807) is 18.3 Å². The molecule has 1 aromatic heterocycles. The van der Waals surface area contributed by atoms with E-state index in [1.807, 2.05) is 30.3 Å². The molecule has 0 radical (unpaired) electrons. The normalized spacial score (nSPS) is 9.75. The first-order valence-corrected chi connectivity index (χ1v) is 5.77. The monoisotopic (exact) mass is 246 g/mol. The van der Waals surface area contributed by atoms with Crippen molar-refractivity contribution in [1.29, 1.82) is 5.26 Å². The summed E-state index contributed by atoms with van der Waals surface area (Å²) in [5.41, 5.74) is 0.565. The van der Waals surface area contributed by atoms with Gasteiger partial charge in [-0.25, -0.2) is 4.98 Å². The van der Waals surface area contributed by atoms with Crippen LogP contribution in [0.25, 0.3) is 0 Å². The zero-order chi connectivity index (χ0) is 11.4. The first kappa shape index (κ1) is 11.0. The number of hydrogen-bond acceptors (Lipinski definition) is 3. The zero-order valence-electron chi connectivity index (χ0n) is 8.22. The van der Waals surface area contributed by atoms with Gasteiger partial charge < -0.3 is 0 Å². The van der Waals surface area contributed by atoms with Gasteiger partial charge in [0.1, 0.15) is 5.03 Å². The van der Waals surface area contributed by atoms with E-state index in [4.69, 9.17) is 16.9 Å². The summed E-state index contributed by atoms with van der Waals surface area (Å²) in [5.74, 6) is 0. The van der Waals surface area contributed by atoms with Gasteiger partial charge in [-0.1, -0.05) is 29.4 Å². The van der Waals surface area contributed by atoms with Crippen LogP contribution in [0, 0.1) is 11.3 Å². The molecule has 16 heavy (non-hydrogen) atoms. The van der Waals surface area contributed by atoms with Crippen molar-refractivity contribution >= 4 is 23.4 Å². The lowest BCUT2D eigenvalue weighted by atomic mass is 10.2. The van der Waals surface area contributed by atoms with Gasteiger partial charge >= 0.3 is 0 Å². The van der Waals surface area contributed by atoms with E-state index in [0.717, 1.165) is 9.92 Å². The Bertz CT molecular complexity index is 534. The van der Waals surface area contributed by atoms with Gasteiger partial charge in [0.15, 0.2) is 0 Å². The highest BCUT2D eigenvalue weighted by Crippen LogP contribution is 2.32. The molecule has 0 saturated carbocycles. The molecule has 0 unspecified atom stereocenters. The number of benzene rings is 1. The summed E-state index contributed by atoms with van der Waals surface area (Å²) >= 11 is 7.54. The van der Waals surface area contributed by atoms with E-state index in [9.17, 15) is 0 Å². The van der Waals surface area contributed by atoms with Crippen LogP contribution in [0.2, 0.25) is 5.02 Å². The fourth-order valence-corrected chi connectivity index (χ4v) is 2.25. The van der Waals surface area contributed by atoms with E-state index < -0.39 is 0 Å². The van der Waals surface area contributed by atoms with Gasteiger partial charge in [0.25, 0.3) is 0 Å². The molecule has 0 aliphatic heterocycles. The zero-order valence-corrected chi connectivity index (χ0v) is 9.79. The van der Waals surface area contributed by atoms with Crippen LogP contribution >= 0.6 is 23.4 Å². The number of halogens is 1. The third-order valence-corrected chi connectivity index (χ3v) is 3.36. The molecule has 2 aromatic rings. The SMILES string of the molecule is N#Cc1ccc(Sc2ccccn2)c(Cl)c1. The second kappa shape index (κ2) is 5.02. The molecule has 0 fully saturated rings. The average Bonchev–Trinajstić information content (AvgIpc) is 2.33. The highest BCUT2D eigenvalue weighted by molar-refractivity contribution is 7.99. The van der Waals surface area contributed by atoms with Crippen molar-refractivity contribution in [3.05, 3.63) is 53.2 Å². The van der Waals surface area contributed by atoms with Gasteiger partial charge in [-0.05, 0) is 30.3 Å². The van der Waals surface area contributed by atoms with Crippen molar-refractivity contribution in [2.24, 2.45) is 0 Å². The summed E-state index contributed by atoms with van der Waals surface area (Å²) in [6, 6.07) is 13.0. The smallest absolute Gasteiger partial charge is 0.101 e. The van der Waals surface area contributed by atoms with E-state index in [0.29, 0.717) is 10.6 Å². The second-order valence-electron chi connectivity index (χ2n) is 3.03. The van der Waals surface area contributed by atoms with Gasteiger partial charge in [-0.3, -0.25) is 0 Å². The average molecular weight is 247 g/mol. The second-order valence-corrected chi connectivity index (χ2v) is 4.50. The summed E-state index contributed by atoms with van der Waals surface area (Å²) < 4.78 is 0. The predicted molar refractivity (Wildman–Crippen MR) is 64.5 cm³/mol. The third kappa shape index (κ3) is 2.54. The lowest BCUT2D eigenvalue weighted by molar-refractivity contribution is 1.13. The third-order valence-electron chi connectivity index (χ3n) is 1.91. The molecular formula is C12H7ClN2S. The maximum atomic E-state index is 8.71. The quantitative estimate of drug-likeness (QED) is 0.810. The summed E-state index contributed by atoms with van der Waals surface area (Å²) in [6.45, 7) is 0. The molecule has 0 aliphatic carbocycles. The number of pyridine rings is 1. The predicted octanol–water partition coefficient (Wildman–Crippen LogP) is 3.76. The molecule has 0 atom stereocenters. The van der Waals surface area contributed by atoms with Crippen molar-refractivity contribution in [2.75, 3.05) is 0 Å². The Hall–Kier alpha value is -1.50. The molecule has 0 N–H and O–H groups in total. The van der Waals surface area contributed by atoms with E-state index in [2.05, 4.69) is 4.98 Å². The first-order valence-electron chi connectivity index (χ1n) is 4.58. The molecule has 1 aromatic carbocycles. The molecule has 0 amide bonds. The summed E-state index contributed by atoms with van der Waals surface area (Å²) in [5, 5.41) is 10.2. The van der Waals surface area contributed by atoms with Crippen molar-refractivity contribution in [3.63, 3.8) is 0 Å². The van der Waals surface area contributed by atoms with Gasteiger partial charge in [-0.15, -0.1) is 0 Å². The van der Waals surface area contributed by atoms with Crippen LogP contribution in [0.4, 0.5) is 0 Å². The van der Waals surface area contributed by atoms with Crippen LogP contribution in [0.5, 0.6) is 0 Å². The highest BCUT2D eigenvalue weighted by atomic mass is 35.5. The maximum Gasteiger partial charge on any atom is 0.101 e. The molecule has 2 nitrogen and oxygen atoms in total. The van der Waals surface area contributed by atoms with Gasteiger partial charge in [0, 0.05) is 11.1 Å². The molecule has 78 valence electrons. The van der Waals surface area contributed by atoms with E-state index in [1.165, 1.54) is 11.8 Å². The Kier molecular flexibility index (Phi) is 3.45. The maximum absolute atomic E-state index is 8.71. The molecule has 2 rings (SSSR count). The van der Waals surface area contributed by atoms with Gasteiger partial charge in [0.05, 0.1) is 16.7 Å². The Morgan fingerprint density at radius 1 is 1.25 bits per heavy atom. The number of nitriles is 1. The Morgan fingerprint density at radius 2 is 2.12 bits per heavy atom. The molecule has 0 bridgehead atoms. The van der Waals surface area contributed by atoms with Crippen molar-refractivity contribution in [3.8, 4) is 6.07 Å². The lowest BCUT2D eigenvalue weighted by Crippen LogP contribution is -1.81. The number of aromatic nitrogens is 1. The number of hydrogen-bond donors (Lipinski definition) is 0. The van der Waals surface area contributed by atoms with E-state index >= 15 is 0 Å².